The molecule has 0 heterocycles. The minimum absolute atomic E-state index is 0. The molecule has 0 bridgehead atoms. The average Bonchev–Trinajstić information content (AvgIpc) is 2.02. The van der Waals surface area contributed by atoms with Crippen LogP contribution in [0.1, 0.15) is 5.56 Å². The summed E-state index contributed by atoms with van der Waals surface area (Å²) >= 11 is -4.90. The van der Waals surface area contributed by atoms with Gasteiger partial charge in [-0.25, -0.2) is 0 Å². The van der Waals surface area contributed by atoms with Crippen molar-refractivity contribution in [3.63, 3.8) is 0 Å². The van der Waals surface area contributed by atoms with Gasteiger partial charge >= 0.3 is 124 Å². The molecule has 0 atom stereocenters. The predicted molar refractivity (Wildman–Crippen MR) is 49.3 cm³/mol. The van der Waals surface area contributed by atoms with Gasteiger partial charge in [-0.1, -0.05) is 0 Å². The van der Waals surface area contributed by atoms with Gasteiger partial charge in [0.25, 0.3) is 0 Å². The van der Waals surface area contributed by atoms with Crippen molar-refractivity contribution in [1.82, 2.24) is 0 Å². The molecule has 1 aromatic carbocycles. The van der Waals surface area contributed by atoms with E-state index in [2.05, 4.69) is 3.73 Å². The van der Waals surface area contributed by atoms with Gasteiger partial charge in [0, 0.05) is 0 Å². The third-order valence-electron chi connectivity index (χ3n) is 1.24. The standard InChI is InChI=1S/C7H9AsO4.K.H/c9-8(10,11)12-6-7-4-2-1-3-5-7;;/h1-5H,6H2,(H2,9,10,11);;. The van der Waals surface area contributed by atoms with Crippen LogP contribution in [0.5, 0.6) is 0 Å². The second-order valence-electron chi connectivity index (χ2n) is 2.25. The summed E-state index contributed by atoms with van der Waals surface area (Å²) in [6.07, 6.45) is 0. The maximum atomic E-state index is 10.3. The fraction of sp³-hybridized carbons (Fsp3) is 0.143. The fourth-order valence-corrected chi connectivity index (χ4v) is 1.40. The molecule has 0 radical (unpaired) electrons. The average molecular weight is 272 g/mol. The molecule has 0 saturated heterocycles. The first-order valence-electron chi connectivity index (χ1n) is 3.32. The van der Waals surface area contributed by atoms with Crippen LogP contribution in [0.4, 0.5) is 0 Å². The van der Waals surface area contributed by atoms with Crippen molar-refractivity contribution in [3.05, 3.63) is 35.9 Å². The third kappa shape index (κ3) is 7.07. The first kappa shape index (κ1) is 14.1. The molecule has 0 aliphatic rings. The van der Waals surface area contributed by atoms with Gasteiger partial charge in [-0.15, -0.1) is 0 Å². The van der Waals surface area contributed by atoms with Gasteiger partial charge in [0.15, 0.2) is 0 Å². The molecule has 4 nitrogen and oxygen atoms in total. The minimum atomic E-state index is -4.90. The topological polar surface area (TPSA) is 66.8 Å². The van der Waals surface area contributed by atoms with E-state index >= 15 is 0 Å². The molecule has 1 rings (SSSR count). The molecule has 0 aliphatic carbocycles. The molecule has 0 saturated carbocycles. The van der Waals surface area contributed by atoms with Crippen LogP contribution >= 0.6 is 0 Å². The zero-order valence-corrected chi connectivity index (χ0v) is 8.13. The van der Waals surface area contributed by atoms with Gasteiger partial charge < -0.3 is 0 Å². The second kappa shape index (κ2) is 6.55. The Bertz CT molecular complexity index is 284. The number of benzene rings is 1. The first-order valence-corrected chi connectivity index (χ1v) is 6.53. The van der Waals surface area contributed by atoms with E-state index in [1.54, 1.807) is 24.3 Å². The van der Waals surface area contributed by atoms with E-state index in [-0.39, 0.29) is 58.0 Å². The van der Waals surface area contributed by atoms with Crippen LogP contribution in [0.3, 0.4) is 0 Å². The SMILES string of the molecule is O=[As](O)(O)OCc1ccccc1.[KH]. The van der Waals surface area contributed by atoms with E-state index in [9.17, 15) is 3.74 Å². The summed E-state index contributed by atoms with van der Waals surface area (Å²) in [7, 11) is 0. The normalized spacial score (nSPS) is 10.6. The molecular formula is C7H10AsKO4. The van der Waals surface area contributed by atoms with Crippen molar-refractivity contribution < 1.29 is 15.7 Å². The van der Waals surface area contributed by atoms with Gasteiger partial charge in [0.1, 0.15) is 0 Å². The molecule has 13 heavy (non-hydrogen) atoms. The van der Waals surface area contributed by atoms with Gasteiger partial charge in [0.05, 0.1) is 0 Å². The molecule has 6 heteroatoms. The van der Waals surface area contributed by atoms with Crippen LogP contribution in [0.25, 0.3) is 0 Å². The Labute approximate surface area is 122 Å². The van der Waals surface area contributed by atoms with Crippen LogP contribution in [0.15, 0.2) is 30.3 Å². The van der Waals surface area contributed by atoms with E-state index in [4.69, 9.17) is 8.19 Å². The van der Waals surface area contributed by atoms with Gasteiger partial charge in [-0.05, 0) is 0 Å². The molecule has 2 N–H and O–H groups in total. The predicted octanol–water partition coefficient (Wildman–Crippen LogP) is -0.595. The molecule has 0 aromatic heterocycles. The van der Waals surface area contributed by atoms with Crippen molar-refractivity contribution in [2.45, 2.75) is 6.61 Å². The molecule has 0 aliphatic heterocycles. The zero-order valence-electron chi connectivity index (χ0n) is 6.25. The van der Waals surface area contributed by atoms with Gasteiger partial charge in [0.2, 0.25) is 0 Å². The zero-order chi connectivity index (χ0) is 9.03. The Balaban J connectivity index is 0.00000144. The Kier molecular flexibility index (Phi) is 7.11. The number of hydrogen-bond acceptors (Lipinski definition) is 2. The molecule has 0 fully saturated rings. The van der Waals surface area contributed by atoms with E-state index < -0.39 is 14.5 Å². The van der Waals surface area contributed by atoms with E-state index in [1.165, 1.54) is 0 Å². The monoisotopic (exact) mass is 272 g/mol. The van der Waals surface area contributed by atoms with Crippen molar-refractivity contribution in [3.8, 4) is 0 Å². The van der Waals surface area contributed by atoms with Gasteiger partial charge in [-0.3, -0.25) is 0 Å². The summed E-state index contributed by atoms with van der Waals surface area (Å²) in [5.41, 5.74) is 0.752. The summed E-state index contributed by atoms with van der Waals surface area (Å²) in [5, 5.41) is 0. The first-order chi connectivity index (χ1) is 5.58. The molecule has 68 valence electrons. The quantitative estimate of drug-likeness (QED) is 0.721. The Morgan fingerprint density at radius 2 is 1.77 bits per heavy atom. The molecule has 0 unspecified atom stereocenters. The van der Waals surface area contributed by atoms with Crippen molar-refractivity contribution >= 4 is 65.9 Å². The summed E-state index contributed by atoms with van der Waals surface area (Å²) in [6.45, 7) is -0.0374. The summed E-state index contributed by atoms with van der Waals surface area (Å²) < 4.78 is 31.5. The molecule has 0 spiro atoms. The fourth-order valence-electron chi connectivity index (χ4n) is 0.733. The van der Waals surface area contributed by atoms with Crippen LogP contribution in [0.2, 0.25) is 0 Å². The molecular weight excluding hydrogens is 262 g/mol. The van der Waals surface area contributed by atoms with Crippen LogP contribution in [0, 0.1) is 0 Å². The van der Waals surface area contributed by atoms with E-state index in [0.717, 1.165) is 5.56 Å². The van der Waals surface area contributed by atoms with Crippen molar-refractivity contribution in [1.29, 1.82) is 0 Å². The second-order valence-corrected chi connectivity index (χ2v) is 4.85. The number of rotatable bonds is 3. The van der Waals surface area contributed by atoms with E-state index in [0.29, 0.717) is 0 Å². The molecule has 1 aromatic rings. The summed E-state index contributed by atoms with van der Waals surface area (Å²) in [6, 6.07) is 8.87. The third-order valence-corrected chi connectivity index (χ3v) is 2.22. The van der Waals surface area contributed by atoms with Crippen LogP contribution < -0.4 is 0 Å². The van der Waals surface area contributed by atoms with Crippen molar-refractivity contribution in [2.24, 2.45) is 0 Å². The summed E-state index contributed by atoms with van der Waals surface area (Å²) in [5.74, 6) is 0. The van der Waals surface area contributed by atoms with Crippen LogP contribution in [-0.2, 0) is 14.1 Å². The number of hydrogen-bond donors (Lipinski definition) is 2. The van der Waals surface area contributed by atoms with Crippen LogP contribution in [-0.4, -0.2) is 74.1 Å². The van der Waals surface area contributed by atoms with E-state index in [1.807, 2.05) is 6.07 Å². The summed E-state index contributed by atoms with van der Waals surface area (Å²) in [4.78, 5) is 0. The Hall–Kier alpha value is 1.09. The van der Waals surface area contributed by atoms with Gasteiger partial charge in [-0.2, -0.15) is 0 Å². The molecule has 0 amide bonds. The van der Waals surface area contributed by atoms with Crippen molar-refractivity contribution in [2.75, 3.05) is 0 Å². The maximum absolute atomic E-state index is 10.3. The Morgan fingerprint density at radius 1 is 1.23 bits per heavy atom. The Morgan fingerprint density at radius 3 is 2.23 bits per heavy atom.